The van der Waals surface area contributed by atoms with Crippen molar-refractivity contribution in [3.05, 3.63) is 24.3 Å². The Hall–Kier alpha value is -1.17. The molecule has 2 fully saturated rings. The summed E-state index contributed by atoms with van der Waals surface area (Å²) in [6.45, 7) is 1.11. The molecule has 1 unspecified atom stereocenters. The molecular weight excluding hydrogens is 284 g/mol. The van der Waals surface area contributed by atoms with E-state index in [2.05, 4.69) is 0 Å². The van der Waals surface area contributed by atoms with Gasteiger partial charge in [0, 0.05) is 31.5 Å². The van der Waals surface area contributed by atoms with Crippen LogP contribution in [0.4, 0.5) is 14.5 Å². The van der Waals surface area contributed by atoms with E-state index in [1.54, 1.807) is 12.1 Å². The van der Waals surface area contributed by atoms with E-state index in [1.165, 1.54) is 12.1 Å². The first kappa shape index (κ1) is 13.8. The van der Waals surface area contributed by atoms with Gasteiger partial charge in [0.05, 0.1) is 10.3 Å². The van der Waals surface area contributed by atoms with Crippen LogP contribution in [0.2, 0.25) is 0 Å². The van der Waals surface area contributed by atoms with Crippen LogP contribution >= 0.6 is 0 Å². The molecule has 1 aliphatic carbocycles. The molecule has 1 heterocycles. The quantitative estimate of drug-likeness (QED) is 0.843. The minimum Gasteiger partial charge on any atom is -0.371 e. The first-order chi connectivity index (χ1) is 9.24. The number of rotatable bonds is 2. The van der Waals surface area contributed by atoms with Crippen molar-refractivity contribution in [3.8, 4) is 0 Å². The summed E-state index contributed by atoms with van der Waals surface area (Å²) in [5, 5.41) is 0. The summed E-state index contributed by atoms with van der Waals surface area (Å²) < 4.78 is 49.8. The molecule has 0 amide bonds. The maximum Gasteiger partial charge on any atom is 0.256 e. The molecule has 3 nitrogen and oxygen atoms in total. The van der Waals surface area contributed by atoms with Gasteiger partial charge >= 0.3 is 0 Å². The highest BCUT2D eigenvalue weighted by Gasteiger charge is 2.71. The lowest BCUT2D eigenvalue weighted by Crippen LogP contribution is -2.39. The number of benzene rings is 1. The second-order valence-corrected chi connectivity index (χ2v) is 7.97. The van der Waals surface area contributed by atoms with Gasteiger partial charge in [-0.2, -0.15) is 0 Å². The van der Waals surface area contributed by atoms with Gasteiger partial charge < -0.3 is 4.90 Å². The van der Waals surface area contributed by atoms with E-state index in [-0.39, 0.29) is 11.3 Å². The Kier molecular flexibility index (Phi) is 2.87. The zero-order valence-electron chi connectivity index (χ0n) is 11.3. The maximum absolute atomic E-state index is 13.5. The second-order valence-electron chi connectivity index (χ2n) is 5.95. The predicted octanol–water partition coefficient (Wildman–Crippen LogP) is 2.72. The van der Waals surface area contributed by atoms with E-state index in [4.69, 9.17) is 0 Å². The Bertz CT molecular complexity index is 627. The van der Waals surface area contributed by atoms with Crippen molar-refractivity contribution in [2.45, 2.75) is 30.1 Å². The normalized spacial score (nSPS) is 28.6. The van der Waals surface area contributed by atoms with E-state index < -0.39 is 21.2 Å². The van der Waals surface area contributed by atoms with Crippen LogP contribution in [0.5, 0.6) is 0 Å². The summed E-state index contributed by atoms with van der Waals surface area (Å²) in [6, 6.07) is 6.49. The summed E-state index contributed by atoms with van der Waals surface area (Å²) in [5.41, 5.74) is -0.0278. The Morgan fingerprint density at radius 1 is 1.20 bits per heavy atom. The number of sulfone groups is 1. The van der Waals surface area contributed by atoms with Crippen molar-refractivity contribution in [1.82, 2.24) is 0 Å². The molecule has 1 aliphatic heterocycles. The molecule has 6 heteroatoms. The van der Waals surface area contributed by atoms with Crippen LogP contribution in [0.1, 0.15) is 19.3 Å². The van der Waals surface area contributed by atoms with E-state index in [0.717, 1.165) is 24.9 Å². The molecule has 0 radical (unpaired) electrons. The van der Waals surface area contributed by atoms with Crippen LogP contribution in [-0.4, -0.2) is 33.7 Å². The van der Waals surface area contributed by atoms with Gasteiger partial charge in [-0.3, -0.25) is 0 Å². The first-order valence-corrected chi connectivity index (χ1v) is 8.56. The average molecular weight is 301 g/mol. The number of hydrogen-bond donors (Lipinski definition) is 0. The summed E-state index contributed by atoms with van der Waals surface area (Å²) in [4.78, 5) is 2.20. The summed E-state index contributed by atoms with van der Waals surface area (Å²) >= 11 is 0. The fourth-order valence-corrected chi connectivity index (χ4v) is 3.71. The Labute approximate surface area is 117 Å². The highest BCUT2D eigenvalue weighted by atomic mass is 32.2. The second kappa shape index (κ2) is 4.16. The molecule has 0 N–H and O–H groups in total. The van der Waals surface area contributed by atoms with Gasteiger partial charge in [-0.05, 0) is 37.1 Å². The molecule has 1 aromatic rings. The van der Waals surface area contributed by atoms with Crippen molar-refractivity contribution < 1.29 is 17.2 Å². The minimum atomic E-state index is -3.22. The van der Waals surface area contributed by atoms with Gasteiger partial charge in [0.15, 0.2) is 9.84 Å². The Balaban J connectivity index is 1.80. The molecule has 20 heavy (non-hydrogen) atoms. The first-order valence-electron chi connectivity index (χ1n) is 6.67. The van der Waals surface area contributed by atoms with Gasteiger partial charge in [-0.1, -0.05) is 0 Å². The maximum atomic E-state index is 13.5. The van der Waals surface area contributed by atoms with Crippen LogP contribution in [0.15, 0.2) is 29.2 Å². The SMILES string of the molecule is CS(=O)(=O)c1ccc(N2CCCC3(C2)CC3(F)F)cc1. The van der Waals surface area contributed by atoms with Crippen LogP contribution < -0.4 is 4.90 Å². The highest BCUT2D eigenvalue weighted by molar-refractivity contribution is 7.90. The molecule has 0 aromatic heterocycles. The molecule has 1 saturated heterocycles. The number of hydrogen-bond acceptors (Lipinski definition) is 3. The highest BCUT2D eigenvalue weighted by Crippen LogP contribution is 2.64. The monoisotopic (exact) mass is 301 g/mol. The summed E-state index contributed by atoms with van der Waals surface area (Å²) in [5.74, 6) is -2.53. The third-order valence-corrected chi connectivity index (χ3v) is 5.55. The van der Waals surface area contributed by atoms with E-state index in [1.807, 2.05) is 4.90 Å². The standard InChI is InChI=1S/C14H17F2NO2S/c1-20(18,19)12-5-3-11(4-6-12)17-8-2-7-13(10-17)9-14(13,15)16/h3-6H,2,7-10H2,1H3. The van der Waals surface area contributed by atoms with Gasteiger partial charge in [0.2, 0.25) is 0 Å². The fraction of sp³-hybridized carbons (Fsp3) is 0.571. The Morgan fingerprint density at radius 2 is 1.80 bits per heavy atom. The van der Waals surface area contributed by atoms with Gasteiger partial charge in [-0.15, -0.1) is 0 Å². The largest absolute Gasteiger partial charge is 0.371 e. The van der Waals surface area contributed by atoms with Crippen LogP contribution in [0, 0.1) is 5.41 Å². The lowest BCUT2D eigenvalue weighted by atomic mass is 9.94. The molecule has 1 atom stereocenters. The molecule has 1 spiro atoms. The molecule has 1 saturated carbocycles. The zero-order valence-corrected chi connectivity index (χ0v) is 12.1. The smallest absolute Gasteiger partial charge is 0.256 e. The number of anilines is 1. The van der Waals surface area contributed by atoms with Crippen molar-refractivity contribution in [1.29, 1.82) is 0 Å². The van der Waals surface area contributed by atoms with Gasteiger partial charge in [0.1, 0.15) is 0 Å². The van der Waals surface area contributed by atoms with E-state index in [9.17, 15) is 17.2 Å². The van der Waals surface area contributed by atoms with Crippen LogP contribution in [0.3, 0.4) is 0 Å². The van der Waals surface area contributed by atoms with E-state index in [0.29, 0.717) is 13.0 Å². The molecular formula is C14H17F2NO2S. The fourth-order valence-electron chi connectivity index (χ4n) is 3.08. The van der Waals surface area contributed by atoms with Crippen LogP contribution in [0.25, 0.3) is 0 Å². The lowest BCUT2D eigenvalue weighted by molar-refractivity contribution is 0.0575. The molecule has 1 aromatic carbocycles. The average Bonchev–Trinajstić information content (AvgIpc) is 2.88. The summed E-state index contributed by atoms with van der Waals surface area (Å²) in [6.07, 6.45) is 2.47. The molecule has 3 rings (SSSR count). The number of alkyl halides is 2. The van der Waals surface area contributed by atoms with Crippen molar-refractivity contribution in [2.24, 2.45) is 5.41 Å². The third kappa shape index (κ3) is 2.20. The minimum absolute atomic E-state index is 0.0159. The number of nitrogens with zero attached hydrogens (tertiary/aromatic N) is 1. The lowest BCUT2D eigenvalue weighted by Gasteiger charge is -2.34. The van der Waals surface area contributed by atoms with Gasteiger partial charge in [0.25, 0.3) is 5.92 Å². The van der Waals surface area contributed by atoms with Gasteiger partial charge in [-0.25, -0.2) is 17.2 Å². The van der Waals surface area contributed by atoms with Crippen molar-refractivity contribution >= 4 is 15.5 Å². The zero-order chi connectivity index (χ0) is 14.6. The van der Waals surface area contributed by atoms with Crippen molar-refractivity contribution in [3.63, 3.8) is 0 Å². The summed E-state index contributed by atoms with van der Waals surface area (Å²) in [7, 11) is -3.22. The van der Waals surface area contributed by atoms with E-state index >= 15 is 0 Å². The van der Waals surface area contributed by atoms with Crippen LogP contribution in [-0.2, 0) is 9.84 Å². The predicted molar refractivity (Wildman–Crippen MR) is 73.0 cm³/mol. The Morgan fingerprint density at radius 3 is 2.30 bits per heavy atom. The molecule has 2 aliphatic rings. The number of halogens is 2. The van der Waals surface area contributed by atoms with Crippen molar-refractivity contribution in [2.75, 3.05) is 24.2 Å². The molecule has 110 valence electrons. The number of piperidine rings is 1. The third-order valence-electron chi connectivity index (χ3n) is 4.42. The molecule has 0 bridgehead atoms. The topological polar surface area (TPSA) is 37.4 Å².